The Morgan fingerprint density at radius 1 is 1.08 bits per heavy atom. The first-order valence-corrected chi connectivity index (χ1v) is 9.62. The van der Waals surface area contributed by atoms with Crippen LogP contribution in [0.25, 0.3) is 0 Å². The second-order valence-corrected chi connectivity index (χ2v) is 6.90. The summed E-state index contributed by atoms with van der Waals surface area (Å²) in [7, 11) is 1.64. The summed E-state index contributed by atoms with van der Waals surface area (Å²) in [5.41, 5.74) is 1.16. The van der Waals surface area contributed by atoms with E-state index in [0.717, 1.165) is 45.4 Å². The number of nitrogens with zero attached hydrogens (tertiary/aromatic N) is 3. The zero-order chi connectivity index (χ0) is 18.4. The fourth-order valence-corrected chi connectivity index (χ4v) is 3.62. The Morgan fingerprint density at radius 3 is 2.54 bits per heavy atom. The number of hydrogen-bond acceptors (Lipinski definition) is 5. The van der Waals surface area contributed by atoms with E-state index in [2.05, 4.69) is 27.8 Å². The predicted octanol–water partition coefficient (Wildman–Crippen LogP) is 4.83. The van der Waals surface area contributed by atoms with Crippen LogP contribution in [0.2, 0.25) is 5.02 Å². The van der Waals surface area contributed by atoms with Gasteiger partial charge in [0.1, 0.15) is 18.1 Å². The van der Waals surface area contributed by atoms with E-state index in [1.807, 2.05) is 42.5 Å². The van der Waals surface area contributed by atoms with E-state index in [-0.39, 0.29) is 0 Å². The third kappa shape index (κ3) is 4.71. The molecule has 5 nitrogen and oxygen atoms in total. The molecule has 7 heteroatoms. The van der Waals surface area contributed by atoms with Crippen molar-refractivity contribution >= 4 is 23.4 Å². The third-order valence-corrected chi connectivity index (χ3v) is 5.07. The van der Waals surface area contributed by atoms with E-state index in [4.69, 9.17) is 21.1 Å². The van der Waals surface area contributed by atoms with Crippen molar-refractivity contribution in [1.29, 1.82) is 0 Å². The Balaban J connectivity index is 1.63. The average molecular weight is 390 g/mol. The Morgan fingerprint density at radius 2 is 1.85 bits per heavy atom. The summed E-state index contributed by atoms with van der Waals surface area (Å²) in [6.45, 7) is 3.22. The van der Waals surface area contributed by atoms with Crippen molar-refractivity contribution < 1.29 is 9.47 Å². The monoisotopic (exact) mass is 389 g/mol. The molecule has 26 heavy (non-hydrogen) atoms. The first-order valence-electron chi connectivity index (χ1n) is 8.25. The molecular weight excluding hydrogens is 370 g/mol. The van der Waals surface area contributed by atoms with E-state index in [0.29, 0.717) is 6.61 Å². The number of rotatable bonds is 8. The summed E-state index contributed by atoms with van der Waals surface area (Å²) >= 11 is 7.68. The van der Waals surface area contributed by atoms with Crippen LogP contribution in [-0.2, 0) is 18.9 Å². The van der Waals surface area contributed by atoms with Crippen LogP contribution < -0.4 is 9.47 Å². The molecule has 0 aliphatic rings. The minimum atomic E-state index is 0.366. The van der Waals surface area contributed by atoms with Crippen molar-refractivity contribution in [3.05, 3.63) is 64.9 Å². The molecule has 0 aliphatic carbocycles. The highest BCUT2D eigenvalue weighted by Gasteiger charge is 2.12. The SMILES string of the molecule is CCn1c(COc2ccc(OC)cc2)nnc1SCc1cccc(Cl)c1. The number of aromatic nitrogens is 3. The third-order valence-electron chi connectivity index (χ3n) is 3.79. The van der Waals surface area contributed by atoms with Gasteiger partial charge in [-0.1, -0.05) is 35.5 Å². The van der Waals surface area contributed by atoms with E-state index in [1.54, 1.807) is 18.9 Å². The molecular formula is C19H20ClN3O2S. The van der Waals surface area contributed by atoms with Crippen molar-refractivity contribution in [3.8, 4) is 11.5 Å². The molecule has 0 fully saturated rings. The van der Waals surface area contributed by atoms with E-state index >= 15 is 0 Å². The predicted molar refractivity (Wildman–Crippen MR) is 104 cm³/mol. The highest BCUT2D eigenvalue weighted by molar-refractivity contribution is 7.98. The molecule has 0 bridgehead atoms. The molecule has 0 saturated carbocycles. The second kappa shape index (κ2) is 8.96. The molecule has 3 aromatic rings. The Kier molecular flexibility index (Phi) is 6.41. The topological polar surface area (TPSA) is 49.2 Å². The van der Waals surface area contributed by atoms with Crippen LogP contribution in [0.3, 0.4) is 0 Å². The highest BCUT2D eigenvalue weighted by Crippen LogP contribution is 2.24. The molecule has 0 aliphatic heterocycles. The van der Waals surface area contributed by atoms with Crippen LogP contribution in [-0.4, -0.2) is 21.9 Å². The second-order valence-electron chi connectivity index (χ2n) is 5.53. The summed E-state index contributed by atoms with van der Waals surface area (Å²) in [6.07, 6.45) is 0. The molecule has 0 radical (unpaired) electrons. The van der Waals surface area contributed by atoms with Gasteiger partial charge in [-0.2, -0.15) is 0 Å². The maximum absolute atomic E-state index is 6.04. The maximum atomic E-state index is 6.04. The number of thioether (sulfide) groups is 1. The van der Waals surface area contributed by atoms with Gasteiger partial charge in [0.2, 0.25) is 0 Å². The minimum absolute atomic E-state index is 0.366. The van der Waals surface area contributed by atoms with Gasteiger partial charge in [-0.25, -0.2) is 0 Å². The number of benzene rings is 2. The number of methoxy groups -OCH3 is 1. The summed E-state index contributed by atoms with van der Waals surface area (Å²) in [5.74, 6) is 3.16. The lowest BCUT2D eigenvalue weighted by molar-refractivity contribution is 0.287. The summed E-state index contributed by atoms with van der Waals surface area (Å²) < 4.78 is 13.0. The molecule has 2 aromatic carbocycles. The lowest BCUT2D eigenvalue weighted by Crippen LogP contribution is -2.07. The number of halogens is 1. The van der Waals surface area contributed by atoms with Gasteiger partial charge in [0, 0.05) is 17.3 Å². The van der Waals surface area contributed by atoms with Crippen molar-refractivity contribution in [1.82, 2.24) is 14.8 Å². The molecule has 0 spiro atoms. The standard InChI is InChI=1S/C19H20ClN3O2S/c1-3-23-18(12-25-17-9-7-16(24-2)8-10-17)21-22-19(23)26-13-14-5-4-6-15(20)11-14/h4-11H,3,12-13H2,1-2H3. The van der Waals surface area contributed by atoms with Crippen molar-refractivity contribution in [2.75, 3.05) is 7.11 Å². The van der Waals surface area contributed by atoms with Crippen LogP contribution in [0.1, 0.15) is 18.3 Å². The molecule has 1 heterocycles. The Labute approximate surface area is 162 Å². The van der Waals surface area contributed by atoms with Gasteiger partial charge < -0.3 is 14.0 Å². The van der Waals surface area contributed by atoms with E-state index in [9.17, 15) is 0 Å². The lowest BCUT2D eigenvalue weighted by atomic mass is 10.2. The van der Waals surface area contributed by atoms with Gasteiger partial charge in [0.05, 0.1) is 7.11 Å². The van der Waals surface area contributed by atoms with Crippen LogP contribution in [0.4, 0.5) is 0 Å². The average Bonchev–Trinajstić information content (AvgIpc) is 3.07. The maximum Gasteiger partial charge on any atom is 0.191 e. The van der Waals surface area contributed by atoms with Crippen molar-refractivity contribution in [2.45, 2.75) is 31.0 Å². The molecule has 136 valence electrons. The minimum Gasteiger partial charge on any atom is -0.497 e. The zero-order valence-electron chi connectivity index (χ0n) is 14.7. The quantitative estimate of drug-likeness (QED) is 0.516. The molecule has 0 N–H and O–H groups in total. The molecule has 0 saturated heterocycles. The van der Waals surface area contributed by atoms with E-state index in [1.165, 1.54) is 0 Å². The summed E-state index contributed by atoms with van der Waals surface area (Å²) in [6, 6.07) is 15.3. The van der Waals surface area contributed by atoms with Crippen LogP contribution in [0.15, 0.2) is 53.7 Å². The normalized spacial score (nSPS) is 10.7. The number of ether oxygens (including phenoxy) is 2. The fourth-order valence-electron chi connectivity index (χ4n) is 2.44. The van der Waals surface area contributed by atoms with Crippen molar-refractivity contribution in [3.63, 3.8) is 0 Å². The molecule has 0 amide bonds. The highest BCUT2D eigenvalue weighted by atomic mass is 35.5. The van der Waals surface area contributed by atoms with Gasteiger partial charge in [-0.3, -0.25) is 0 Å². The van der Waals surface area contributed by atoms with Crippen LogP contribution in [0.5, 0.6) is 11.5 Å². The van der Waals surface area contributed by atoms with E-state index < -0.39 is 0 Å². The number of hydrogen-bond donors (Lipinski definition) is 0. The lowest BCUT2D eigenvalue weighted by Gasteiger charge is -2.09. The first kappa shape index (κ1) is 18.6. The molecule has 3 rings (SSSR count). The van der Waals surface area contributed by atoms with Gasteiger partial charge >= 0.3 is 0 Å². The first-order chi connectivity index (χ1) is 12.7. The fraction of sp³-hybridized carbons (Fsp3) is 0.263. The Hall–Kier alpha value is -2.18. The van der Waals surface area contributed by atoms with Gasteiger partial charge in [-0.15, -0.1) is 10.2 Å². The largest absolute Gasteiger partial charge is 0.497 e. The van der Waals surface area contributed by atoms with Gasteiger partial charge in [-0.05, 0) is 48.9 Å². The van der Waals surface area contributed by atoms with Crippen LogP contribution >= 0.6 is 23.4 Å². The van der Waals surface area contributed by atoms with Crippen molar-refractivity contribution in [2.24, 2.45) is 0 Å². The zero-order valence-corrected chi connectivity index (χ0v) is 16.3. The molecule has 1 aromatic heterocycles. The Bertz CT molecular complexity index is 852. The van der Waals surface area contributed by atoms with Gasteiger partial charge in [0.25, 0.3) is 0 Å². The molecule has 0 unspecified atom stereocenters. The van der Waals surface area contributed by atoms with Crippen LogP contribution in [0, 0.1) is 0 Å². The summed E-state index contributed by atoms with van der Waals surface area (Å²) in [5, 5.41) is 10.2. The smallest absolute Gasteiger partial charge is 0.191 e. The van der Waals surface area contributed by atoms with Gasteiger partial charge in [0.15, 0.2) is 11.0 Å². The molecule has 0 atom stereocenters. The summed E-state index contributed by atoms with van der Waals surface area (Å²) in [4.78, 5) is 0.